The number of nitrogens with zero attached hydrogens (tertiary/aromatic N) is 4. The summed E-state index contributed by atoms with van der Waals surface area (Å²) in [5.41, 5.74) is -0.844. The third-order valence-electron chi connectivity index (χ3n) is 5.80. The van der Waals surface area contributed by atoms with Crippen molar-refractivity contribution in [3.63, 3.8) is 0 Å². The van der Waals surface area contributed by atoms with Crippen LogP contribution in [0.2, 0.25) is 0 Å². The highest BCUT2D eigenvalue weighted by atomic mass is 32.2. The molecule has 0 radical (unpaired) electrons. The molecule has 206 valence electrons. The van der Waals surface area contributed by atoms with Gasteiger partial charge < -0.3 is 9.88 Å². The molecule has 3 aromatic rings. The Morgan fingerprint density at radius 3 is 2.52 bits per heavy atom. The Balaban J connectivity index is 2.02. The van der Waals surface area contributed by atoms with Gasteiger partial charge in [-0.25, -0.2) is 4.21 Å². The van der Waals surface area contributed by atoms with Crippen LogP contribution in [0.3, 0.4) is 0 Å². The van der Waals surface area contributed by atoms with E-state index in [2.05, 4.69) is 27.8 Å². The van der Waals surface area contributed by atoms with Crippen molar-refractivity contribution in [2.24, 2.45) is 4.36 Å². The van der Waals surface area contributed by atoms with Crippen molar-refractivity contribution < 1.29 is 22.2 Å². The zero-order chi connectivity index (χ0) is 29.7. The van der Waals surface area contributed by atoms with Crippen LogP contribution in [0.25, 0.3) is 16.8 Å². The number of amides is 1. The van der Waals surface area contributed by atoms with Crippen LogP contribution < -0.4 is 10.7 Å². The van der Waals surface area contributed by atoms with E-state index in [-0.39, 0.29) is 28.1 Å². The van der Waals surface area contributed by atoms with Crippen molar-refractivity contribution in [2.75, 3.05) is 12.8 Å². The van der Waals surface area contributed by atoms with Gasteiger partial charge in [-0.3, -0.25) is 14.6 Å². The van der Waals surface area contributed by atoms with E-state index < -0.39 is 32.8 Å². The number of hydrogen-bond acceptors (Lipinski definition) is 6. The topological polar surface area (TPSA) is 117 Å². The molecule has 8 nitrogen and oxygen atoms in total. The second-order valence-corrected chi connectivity index (χ2v) is 10.9. The molecule has 0 fully saturated rings. The van der Waals surface area contributed by atoms with E-state index in [9.17, 15) is 27.0 Å². The molecule has 40 heavy (non-hydrogen) atoms. The molecule has 1 aromatic carbocycles. The fourth-order valence-corrected chi connectivity index (χ4v) is 4.24. The number of carbonyl (C=O) groups is 1. The van der Waals surface area contributed by atoms with E-state index in [1.165, 1.54) is 59.9 Å². The van der Waals surface area contributed by atoms with Gasteiger partial charge in [0, 0.05) is 53.2 Å². The van der Waals surface area contributed by atoms with Crippen LogP contribution >= 0.6 is 0 Å². The number of halogens is 3. The van der Waals surface area contributed by atoms with Gasteiger partial charge in [0.25, 0.3) is 5.91 Å². The smallest absolute Gasteiger partial charge is 0.348 e. The third-order valence-corrected chi connectivity index (χ3v) is 7.34. The van der Waals surface area contributed by atoms with Crippen molar-refractivity contribution in [3.8, 4) is 23.0 Å². The summed E-state index contributed by atoms with van der Waals surface area (Å²) in [5, 5.41) is 11.2. The van der Waals surface area contributed by atoms with Gasteiger partial charge in [-0.1, -0.05) is 31.4 Å². The largest absolute Gasteiger partial charge is 0.416 e. The van der Waals surface area contributed by atoms with E-state index >= 15 is 0 Å². The molecular weight excluding hydrogens is 543 g/mol. The van der Waals surface area contributed by atoms with Crippen LogP contribution in [0, 0.1) is 18.4 Å². The fourth-order valence-electron chi connectivity index (χ4n) is 3.65. The molecule has 2 heterocycles. The lowest BCUT2D eigenvalue weighted by molar-refractivity contribution is -0.137. The zero-order valence-electron chi connectivity index (χ0n) is 21.5. The standard InChI is InChI=1S/C28H24F3N5O3S/c1-18(8-9-19(2)40(4,39)35-17-32)15-34-27(38)24-16-36(23-10-12-33-13-11-23)20(3)25(26(24)37)21-6-5-7-22(14-21)28(29,30)31/h5-14,16H,1-2,15H2,3-4H3,(H,34,38)/b9-8-. The van der Waals surface area contributed by atoms with Gasteiger partial charge in [-0.15, -0.1) is 4.36 Å². The normalized spacial score (nSPS) is 12.8. The summed E-state index contributed by atoms with van der Waals surface area (Å²) in [7, 11) is -2.98. The first-order chi connectivity index (χ1) is 18.8. The molecule has 2 aromatic heterocycles. The number of aromatic nitrogens is 2. The number of hydrogen-bond donors (Lipinski definition) is 1. The lowest BCUT2D eigenvalue weighted by Crippen LogP contribution is -2.32. The van der Waals surface area contributed by atoms with Gasteiger partial charge >= 0.3 is 6.18 Å². The molecule has 1 amide bonds. The van der Waals surface area contributed by atoms with Crippen LogP contribution in [0.5, 0.6) is 0 Å². The Morgan fingerprint density at radius 1 is 1.23 bits per heavy atom. The van der Waals surface area contributed by atoms with E-state index in [0.717, 1.165) is 12.1 Å². The lowest BCUT2D eigenvalue weighted by Gasteiger charge is -2.18. The van der Waals surface area contributed by atoms with Gasteiger partial charge in [0.2, 0.25) is 11.6 Å². The number of benzene rings is 1. The number of nitrogens with one attached hydrogen (secondary N) is 1. The zero-order valence-corrected chi connectivity index (χ0v) is 22.3. The molecule has 12 heteroatoms. The highest BCUT2D eigenvalue weighted by Gasteiger charge is 2.31. The Hall–Kier alpha value is -4.76. The number of nitriles is 1. The lowest BCUT2D eigenvalue weighted by atomic mass is 9.98. The summed E-state index contributed by atoms with van der Waals surface area (Å²) >= 11 is 0. The SMILES string of the molecule is C=C(/C=C\C(=C)S(C)(=O)=NC#N)CNC(=O)c1cn(-c2ccncc2)c(C)c(-c2cccc(C(F)(F)F)c2)c1=O. The first kappa shape index (κ1) is 29.8. The Morgan fingerprint density at radius 2 is 1.90 bits per heavy atom. The maximum atomic E-state index is 13.5. The maximum Gasteiger partial charge on any atom is 0.416 e. The fraction of sp³-hybridized carbons (Fsp3) is 0.143. The second-order valence-electron chi connectivity index (χ2n) is 8.62. The Bertz CT molecular complexity index is 1740. The Kier molecular flexibility index (Phi) is 8.91. The van der Waals surface area contributed by atoms with Crippen LogP contribution in [0.4, 0.5) is 13.2 Å². The number of allylic oxidation sites excluding steroid dienone is 1. The van der Waals surface area contributed by atoms with Crippen LogP contribution in [0.15, 0.2) is 99.9 Å². The first-order valence-electron chi connectivity index (χ1n) is 11.5. The van der Waals surface area contributed by atoms with Crippen LogP contribution in [-0.4, -0.2) is 32.5 Å². The Labute approximate surface area is 229 Å². The molecule has 1 atom stereocenters. The highest BCUT2D eigenvalue weighted by Crippen LogP contribution is 2.32. The molecule has 3 rings (SSSR count). The first-order valence-corrected chi connectivity index (χ1v) is 13.5. The van der Waals surface area contributed by atoms with Gasteiger partial charge in [-0.05, 0) is 48.4 Å². The van der Waals surface area contributed by atoms with E-state index in [1.54, 1.807) is 19.1 Å². The number of alkyl halides is 3. The molecule has 0 aliphatic heterocycles. The summed E-state index contributed by atoms with van der Waals surface area (Å²) in [6.07, 6.45) is 5.19. The number of carbonyl (C=O) groups excluding carboxylic acids is 1. The minimum atomic E-state index is -4.63. The van der Waals surface area contributed by atoms with E-state index in [4.69, 9.17) is 5.26 Å². The van der Waals surface area contributed by atoms with Crippen molar-refractivity contribution in [2.45, 2.75) is 13.1 Å². The average molecular weight is 568 g/mol. The second kappa shape index (κ2) is 12.0. The molecule has 0 bridgehead atoms. The third kappa shape index (κ3) is 6.81. The number of rotatable bonds is 8. The van der Waals surface area contributed by atoms with Crippen molar-refractivity contribution >= 4 is 15.6 Å². The molecule has 1 unspecified atom stereocenters. The van der Waals surface area contributed by atoms with Crippen molar-refractivity contribution in [3.05, 3.63) is 118 Å². The quantitative estimate of drug-likeness (QED) is 0.298. The van der Waals surface area contributed by atoms with Crippen LogP contribution in [0.1, 0.15) is 21.6 Å². The van der Waals surface area contributed by atoms with Crippen molar-refractivity contribution in [1.29, 1.82) is 5.26 Å². The maximum absolute atomic E-state index is 13.5. The summed E-state index contributed by atoms with van der Waals surface area (Å²) in [6.45, 7) is 8.87. The predicted octanol–water partition coefficient (Wildman–Crippen LogP) is 5.16. The summed E-state index contributed by atoms with van der Waals surface area (Å²) in [5.74, 6) is -0.784. The van der Waals surface area contributed by atoms with Gasteiger partial charge in [-0.2, -0.15) is 18.4 Å². The number of pyridine rings is 2. The average Bonchev–Trinajstić information content (AvgIpc) is 2.90. The minimum Gasteiger partial charge on any atom is -0.348 e. The molecule has 1 N–H and O–H groups in total. The highest BCUT2D eigenvalue weighted by molar-refractivity contribution is 7.97. The monoisotopic (exact) mass is 567 g/mol. The van der Waals surface area contributed by atoms with Gasteiger partial charge in [0.15, 0.2) is 0 Å². The van der Waals surface area contributed by atoms with Crippen LogP contribution in [-0.2, 0) is 15.9 Å². The molecular formula is C28H24F3N5O3S. The summed E-state index contributed by atoms with van der Waals surface area (Å²) in [4.78, 5) is 30.7. The van der Waals surface area contributed by atoms with E-state index in [1.807, 2.05) is 0 Å². The molecule has 0 aliphatic rings. The molecule has 0 saturated carbocycles. The minimum absolute atomic E-state index is 0.00609. The predicted molar refractivity (Wildman–Crippen MR) is 147 cm³/mol. The summed E-state index contributed by atoms with van der Waals surface area (Å²) in [6, 6.07) is 7.59. The van der Waals surface area contributed by atoms with Crippen molar-refractivity contribution in [1.82, 2.24) is 14.9 Å². The summed E-state index contributed by atoms with van der Waals surface area (Å²) < 4.78 is 57.4. The van der Waals surface area contributed by atoms with E-state index in [0.29, 0.717) is 17.0 Å². The molecule has 0 aliphatic carbocycles. The van der Waals surface area contributed by atoms with Gasteiger partial charge in [0.05, 0.1) is 15.3 Å². The molecule has 0 saturated heterocycles. The van der Waals surface area contributed by atoms with Gasteiger partial charge in [0.1, 0.15) is 5.56 Å². The molecule has 0 spiro atoms.